The highest BCUT2D eigenvalue weighted by molar-refractivity contribution is 5.74. The zero-order valence-electron chi connectivity index (χ0n) is 10.6. The van der Waals surface area contributed by atoms with Crippen LogP contribution in [0.3, 0.4) is 0 Å². The van der Waals surface area contributed by atoms with E-state index in [0.29, 0.717) is 6.42 Å². The van der Waals surface area contributed by atoms with Crippen molar-refractivity contribution in [2.75, 3.05) is 13.3 Å². The molecular weight excluding hydrogens is 283 g/mol. The van der Waals surface area contributed by atoms with Gasteiger partial charge in [-0.2, -0.15) is 0 Å². The van der Waals surface area contributed by atoms with Crippen LogP contribution in [0.4, 0.5) is 22.0 Å². The summed E-state index contributed by atoms with van der Waals surface area (Å²) in [4.78, 5) is 11.7. The minimum absolute atomic E-state index is 0.00611. The highest BCUT2D eigenvalue weighted by Crippen LogP contribution is 2.44. The molecule has 0 aromatic carbocycles. The highest BCUT2D eigenvalue weighted by atomic mass is 19.3. The van der Waals surface area contributed by atoms with E-state index in [0.717, 1.165) is 6.42 Å². The maximum Gasteiger partial charge on any atom is 0.309 e. The van der Waals surface area contributed by atoms with E-state index in [1.54, 1.807) is 0 Å². The number of esters is 1. The van der Waals surface area contributed by atoms with Gasteiger partial charge in [0.25, 0.3) is 11.8 Å². The minimum Gasteiger partial charge on any atom is -0.459 e. The quantitative estimate of drug-likeness (QED) is 0.427. The molecule has 0 aliphatic heterocycles. The van der Waals surface area contributed by atoms with Crippen LogP contribution in [0.1, 0.15) is 19.3 Å². The van der Waals surface area contributed by atoms with Gasteiger partial charge in [-0.05, 0) is 24.7 Å². The lowest BCUT2D eigenvalue weighted by molar-refractivity contribution is -0.173. The largest absolute Gasteiger partial charge is 0.459 e. The van der Waals surface area contributed by atoms with Gasteiger partial charge in [-0.3, -0.25) is 4.79 Å². The standard InChI is InChI=1S/C13H15F5O2/c14-6-12(15,16)5-13(17,18)7-20-11(19)10-4-8-1-2-9(10)3-8/h1-2,8-10H,3-7H2. The van der Waals surface area contributed by atoms with Gasteiger partial charge >= 0.3 is 5.97 Å². The first-order valence-electron chi connectivity index (χ1n) is 6.39. The Bertz CT molecular complexity index is 408. The summed E-state index contributed by atoms with van der Waals surface area (Å²) in [6.07, 6.45) is 3.23. The second kappa shape index (κ2) is 5.33. The predicted molar refractivity (Wildman–Crippen MR) is 60.3 cm³/mol. The second-order valence-corrected chi connectivity index (χ2v) is 5.52. The summed E-state index contributed by atoms with van der Waals surface area (Å²) in [7, 11) is 0. The van der Waals surface area contributed by atoms with Crippen LogP contribution in [0.25, 0.3) is 0 Å². The fourth-order valence-electron chi connectivity index (χ4n) is 2.81. The molecule has 2 aliphatic carbocycles. The number of allylic oxidation sites excluding steroid dienone is 2. The zero-order chi connectivity index (χ0) is 15.0. The molecule has 0 radical (unpaired) electrons. The number of hydrogen-bond donors (Lipinski definition) is 0. The van der Waals surface area contributed by atoms with Crippen LogP contribution in [0.2, 0.25) is 0 Å². The lowest BCUT2D eigenvalue weighted by atomic mass is 9.94. The first-order valence-corrected chi connectivity index (χ1v) is 6.39. The normalized spacial score (nSPS) is 28.9. The number of carbonyl (C=O) groups is 1. The maximum atomic E-state index is 13.2. The van der Waals surface area contributed by atoms with Crippen molar-refractivity contribution in [3.8, 4) is 0 Å². The fourth-order valence-corrected chi connectivity index (χ4v) is 2.81. The van der Waals surface area contributed by atoms with E-state index in [-0.39, 0.29) is 11.8 Å². The van der Waals surface area contributed by atoms with Gasteiger partial charge in [-0.25, -0.2) is 22.0 Å². The summed E-state index contributed by atoms with van der Waals surface area (Å²) < 4.78 is 67.9. The third-order valence-electron chi connectivity index (χ3n) is 3.72. The van der Waals surface area contributed by atoms with E-state index in [4.69, 9.17) is 0 Å². The fraction of sp³-hybridized carbons (Fsp3) is 0.769. The van der Waals surface area contributed by atoms with Gasteiger partial charge in [0.05, 0.1) is 12.3 Å². The molecule has 0 spiro atoms. The Balaban J connectivity index is 1.82. The van der Waals surface area contributed by atoms with Gasteiger partial charge in [-0.15, -0.1) is 0 Å². The molecule has 2 rings (SSSR count). The van der Waals surface area contributed by atoms with Crippen molar-refractivity contribution < 1.29 is 31.5 Å². The lowest BCUT2D eigenvalue weighted by Gasteiger charge is -2.22. The van der Waals surface area contributed by atoms with E-state index >= 15 is 0 Å². The molecule has 0 aromatic heterocycles. The molecule has 2 bridgehead atoms. The monoisotopic (exact) mass is 298 g/mol. The van der Waals surface area contributed by atoms with E-state index in [2.05, 4.69) is 4.74 Å². The molecule has 0 heterocycles. The molecule has 0 aromatic rings. The first kappa shape index (κ1) is 15.3. The first-order chi connectivity index (χ1) is 9.22. The zero-order valence-corrected chi connectivity index (χ0v) is 10.6. The number of hydrogen-bond acceptors (Lipinski definition) is 2. The van der Waals surface area contributed by atoms with Crippen LogP contribution in [0.15, 0.2) is 12.2 Å². The Morgan fingerprint density at radius 1 is 1.15 bits per heavy atom. The predicted octanol–water partition coefficient (Wildman–Crippen LogP) is 3.37. The molecule has 1 fully saturated rings. The summed E-state index contributed by atoms with van der Waals surface area (Å²) in [5.74, 6) is -9.03. The van der Waals surface area contributed by atoms with Crippen molar-refractivity contribution >= 4 is 5.97 Å². The lowest BCUT2D eigenvalue weighted by Crippen LogP contribution is -2.36. The average Bonchev–Trinajstić information content (AvgIpc) is 2.97. The van der Waals surface area contributed by atoms with E-state index in [1.165, 1.54) is 0 Å². The molecule has 3 atom stereocenters. The van der Waals surface area contributed by atoms with E-state index in [1.807, 2.05) is 12.2 Å². The molecule has 0 saturated heterocycles. The average molecular weight is 298 g/mol. The Kier molecular flexibility index (Phi) is 4.07. The Morgan fingerprint density at radius 2 is 1.85 bits per heavy atom. The molecule has 0 amide bonds. The number of rotatable bonds is 6. The van der Waals surface area contributed by atoms with Crippen molar-refractivity contribution in [1.29, 1.82) is 0 Å². The summed E-state index contributed by atoms with van der Waals surface area (Å²) in [5, 5.41) is 0. The molecule has 2 nitrogen and oxygen atoms in total. The SMILES string of the molecule is O=C(OCC(F)(F)CC(F)(F)CF)C1CC2C=CC1C2. The molecule has 114 valence electrons. The van der Waals surface area contributed by atoms with Gasteiger partial charge in [0, 0.05) is 0 Å². The molecule has 7 heteroatoms. The van der Waals surface area contributed by atoms with E-state index in [9.17, 15) is 26.7 Å². The van der Waals surface area contributed by atoms with E-state index < -0.39 is 43.4 Å². The van der Waals surface area contributed by atoms with Crippen LogP contribution in [-0.2, 0) is 9.53 Å². The van der Waals surface area contributed by atoms with Gasteiger partial charge < -0.3 is 4.74 Å². The number of alkyl halides is 5. The molecule has 0 N–H and O–H groups in total. The van der Waals surface area contributed by atoms with Crippen LogP contribution in [0.5, 0.6) is 0 Å². The van der Waals surface area contributed by atoms with Gasteiger partial charge in [-0.1, -0.05) is 12.2 Å². The van der Waals surface area contributed by atoms with Gasteiger partial charge in [0.2, 0.25) is 0 Å². The molecule has 3 unspecified atom stereocenters. The van der Waals surface area contributed by atoms with Crippen LogP contribution < -0.4 is 0 Å². The van der Waals surface area contributed by atoms with Crippen LogP contribution in [0, 0.1) is 17.8 Å². The summed E-state index contributed by atoms with van der Waals surface area (Å²) in [5.41, 5.74) is 0. The van der Waals surface area contributed by atoms with Crippen molar-refractivity contribution in [3.63, 3.8) is 0 Å². The number of halogens is 5. The van der Waals surface area contributed by atoms with Crippen LogP contribution in [-0.4, -0.2) is 31.1 Å². The molecular formula is C13H15F5O2. The van der Waals surface area contributed by atoms with Crippen molar-refractivity contribution in [3.05, 3.63) is 12.2 Å². The molecule has 20 heavy (non-hydrogen) atoms. The van der Waals surface area contributed by atoms with Crippen molar-refractivity contribution in [2.45, 2.75) is 31.1 Å². The topological polar surface area (TPSA) is 26.3 Å². The Morgan fingerprint density at radius 3 is 2.35 bits per heavy atom. The smallest absolute Gasteiger partial charge is 0.309 e. The highest BCUT2D eigenvalue weighted by Gasteiger charge is 2.46. The van der Waals surface area contributed by atoms with Gasteiger partial charge in [0.1, 0.15) is 0 Å². The van der Waals surface area contributed by atoms with Crippen LogP contribution >= 0.6 is 0 Å². The Hall–Kier alpha value is -1.14. The number of fused-ring (bicyclic) bond motifs is 2. The Labute approximate surface area is 113 Å². The number of ether oxygens (including phenoxy) is 1. The summed E-state index contributed by atoms with van der Waals surface area (Å²) in [6, 6.07) is 0. The molecule has 2 aliphatic rings. The minimum atomic E-state index is -4.11. The van der Waals surface area contributed by atoms with Crippen molar-refractivity contribution in [1.82, 2.24) is 0 Å². The van der Waals surface area contributed by atoms with Crippen molar-refractivity contribution in [2.24, 2.45) is 17.8 Å². The molecule has 1 saturated carbocycles. The second-order valence-electron chi connectivity index (χ2n) is 5.52. The third kappa shape index (κ3) is 3.49. The summed E-state index contributed by atoms with van der Waals surface area (Å²) in [6.45, 7) is -3.59. The maximum absolute atomic E-state index is 13.2. The van der Waals surface area contributed by atoms with Gasteiger partial charge in [0.15, 0.2) is 13.3 Å². The summed E-state index contributed by atoms with van der Waals surface area (Å²) >= 11 is 0. The number of carbonyl (C=O) groups excluding carboxylic acids is 1. The third-order valence-corrected chi connectivity index (χ3v) is 3.72.